The highest BCUT2D eigenvalue weighted by atomic mass is 16.5. The quantitative estimate of drug-likeness (QED) is 0.740. The summed E-state index contributed by atoms with van der Waals surface area (Å²) in [6.45, 7) is 2.49. The lowest BCUT2D eigenvalue weighted by Crippen LogP contribution is -2.15. The predicted octanol–water partition coefficient (Wildman–Crippen LogP) is 4.45. The van der Waals surface area contributed by atoms with Crippen LogP contribution in [0, 0.1) is 0 Å². The Balaban J connectivity index is 1.77. The van der Waals surface area contributed by atoms with Crippen molar-refractivity contribution >= 4 is 11.6 Å². The Kier molecular flexibility index (Phi) is 7.15. The fraction of sp³-hybridized carbons (Fsp3) is 0.350. The molecule has 2 aromatic rings. The van der Waals surface area contributed by atoms with Gasteiger partial charge in [0.2, 0.25) is 5.91 Å². The average molecular weight is 327 g/mol. The molecule has 0 aliphatic rings. The molecule has 0 fully saturated rings. The number of unbranched alkanes of at least 4 members (excludes halogenated alkanes) is 1. The maximum atomic E-state index is 12.0. The van der Waals surface area contributed by atoms with E-state index in [4.69, 9.17) is 9.47 Å². The number of hydrogen-bond acceptors (Lipinski definition) is 3. The van der Waals surface area contributed by atoms with Crippen LogP contribution < -0.4 is 14.8 Å². The lowest BCUT2D eigenvalue weighted by Gasteiger charge is -2.10. The van der Waals surface area contributed by atoms with E-state index < -0.39 is 0 Å². The Morgan fingerprint density at radius 2 is 1.75 bits per heavy atom. The summed E-state index contributed by atoms with van der Waals surface area (Å²) < 4.78 is 10.8. The van der Waals surface area contributed by atoms with Gasteiger partial charge in [0, 0.05) is 5.69 Å². The van der Waals surface area contributed by atoms with Crippen LogP contribution in [-0.4, -0.2) is 19.6 Å². The number of rotatable bonds is 9. The van der Waals surface area contributed by atoms with Gasteiger partial charge >= 0.3 is 0 Å². The molecule has 0 radical (unpaired) electrons. The molecule has 0 heterocycles. The largest absolute Gasteiger partial charge is 0.493 e. The van der Waals surface area contributed by atoms with Gasteiger partial charge in [0.05, 0.1) is 20.1 Å². The molecule has 0 unspecified atom stereocenters. The van der Waals surface area contributed by atoms with E-state index in [1.165, 1.54) is 18.4 Å². The first-order valence-electron chi connectivity index (χ1n) is 8.37. The molecule has 1 N–H and O–H groups in total. The Morgan fingerprint density at radius 1 is 1.04 bits per heavy atom. The van der Waals surface area contributed by atoms with Crippen LogP contribution in [0.15, 0.2) is 48.5 Å². The minimum atomic E-state index is -0.0637. The highest BCUT2D eigenvalue weighted by molar-refractivity contribution is 5.90. The number of carbonyl (C=O) groups is 1. The van der Waals surface area contributed by atoms with Crippen molar-refractivity contribution in [2.24, 2.45) is 0 Å². The minimum absolute atomic E-state index is 0.0637. The number of methoxy groups -OCH3 is 1. The van der Waals surface area contributed by atoms with Gasteiger partial charge in [0.1, 0.15) is 0 Å². The molecule has 0 bridgehead atoms. The summed E-state index contributed by atoms with van der Waals surface area (Å²) in [6, 6.07) is 15.4. The van der Waals surface area contributed by atoms with Crippen molar-refractivity contribution < 1.29 is 14.3 Å². The highest BCUT2D eigenvalue weighted by Crippen LogP contribution is 2.25. The third-order valence-electron chi connectivity index (χ3n) is 3.71. The van der Waals surface area contributed by atoms with E-state index in [2.05, 4.69) is 24.4 Å². The topological polar surface area (TPSA) is 47.6 Å². The van der Waals surface area contributed by atoms with Gasteiger partial charge in [-0.05, 0) is 42.7 Å². The molecule has 128 valence electrons. The molecule has 0 atom stereocenters. The van der Waals surface area contributed by atoms with Crippen LogP contribution in [0.1, 0.15) is 31.7 Å². The molecular formula is C20H25NO3. The summed E-state index contributed by atoms with van der Waals surface area (Å²) in [6.07, 6.45) is 3.74. The highest BCUT2D eigenvalue weighted by Gasteiger charge is 2.06. The molecule has 2 aromatic carbocycles. The van der Waals surface area contributed by atoms with Gasteiger partial charge in [-0.25, -0.2) is 0 Å². The number of carbonyl (C=O) groups excluding carboxylic acids is 1. The van der Waals surface area contributed by atoms with Gasteiger partial charge in [-0.3, -0.25) is 4.79 Å². The minimum Gasteiger partial charge on any atom is -0.493 e. The van der Waals surface area contributed by atoms with Crippen LogP contribution in [-0.2, 0) is 11.2 Å². The number of benzene rings is 2. The van der Waals surface area contributed by atoms with E-state index in [0.717, 1.165) is 12.1 Å². The van der Waals surface area contributed by atoms with Crippen molar-refractivity contribution in [1.29, 1.82) is 0 Å². The second-order valence-electron chi connectivity index (χ2n) is 5.60. The molecule has 0 aromatic heterocycles. The summed E-state index contributed by atoms with van der Waals surface area (Å²) in [4.78, 5) is 12.0. The zero-order valence-corrected chi connectivity index (χ0v) is 14.4. The fourth-order valence-electron chi connectivity index (χ4n) is 2.35. The predicted molar refractivity (Wildman–Crippen MR) is 96.8 cm³/mol. The van der Waals surface area contributed by atoms with E-state index in [1.807, 2.05) is 36.4 Å². The zero-order chi connectivity index (χ0) is 17.2. The first-order valence-corrected chi connectivity index (χ1v) is 8.37. The normalized spacial score (nSPS) is 10.2. The summed E-state index contributed by atoms with van der Waals surface area (Å²) in [7, 11) is 1.60. The first kappa shape index (κ1) is 17.9. The van der Waals surface area contributed by atoms with E-state index in [9.17, 15) is 4.79 Å². The van der Waals surface area contributed by atoms with E-state index in [1.54, 1.807) is 7.11 Å². The van der Waals surface area contributed by atoms with Crippen LogP contribution >= 0.6 is 0 Å². The van der Waals surface area contributed by atoms with Gasteiger partial charge in [0.15, 0.2) is 11.5 Å². The van der Waals surface area contributed by atoms with Crippen LogP contribution in [0.4, 0.5) is 5.69 Å². The number of para-hydroxylation sites is 2. The Labute approximate surface area is 143 Å². The molecular weight excluding hydrogens is 302 g/mol. The van der Waals surface area contributed by atoms with Crippen molar-refractivity contribution in [3.8, 4) is 11.5 Å². The molecule has 4 heteroatoms. The molecule has 0 aliphatic carbocycles. The van der Waals surface area contributed by atoms with Crippen LogP contribution in [0.25, 0.3) is 0 Å². The lowest BCUT2D eigenvalue weighted by atomic mass is 10.1. The standard InChI is InChI=1S/C20H25NO3/c1-3-4-7-16-10-12-17(13-11-16)21-20(22)14-15-24-19-9-6-5-8-18(19)23-2/h5-6,8-13H,3-4,7,14-15H2,1-2H3,(H,21,22). The maximum Gasteiger partial charge on any atom is 0.227 e. The van der Waals surface area contributed by atoms with Crippen molar-refractivity contribution in [2.75, 3.05) is 19.0 Å². The summed E-state index contributed by atoms with van der Waals surface area (Å²) in [5.74, 6) is 1.25. The van der Waals surface area contributed by atoms with Crippen molar-refractivity contribution in [2.45, 2.75) is 32.6 Å². The van der Waals surface area contributed by atoms with Gasteiger partial charge in [-0.15, -0.1) is 0 Å². The summed E-state index contributed by atoms with van der Waals surface area (Å²) >= 11 is 0. The molecule has 4 nitrogen and oxygen atoms in total. The molecule has 2 rings (SSSR count). The number of anilines is 1. The SMILES string of the molecule is CCCCc1ccc(NC(=O)CCOc2ccccc2OC)cc1. The average Bonchev–Trinajstić information content (AvgIpc) is 2.61. The van der Waals surface area contributed by atoms with Crippen LogP contribution in [0.3, 0.4) is 0 Å². The zero-order valence-electron chi connectivity index (χ0n) is 14.4. The molecule has 0 saturated heterocycles. The van der Waals surface area contributed by atoms with E-state index in [0.29, 0.717) is 18.1 Å². The second kappa shape index (κ2) is 9.60. The first-order chi connectivity index (χ1) is 11.7. The Bertz CT molecular complexity index is 638. The summed E-state index contributed by atoms with van der Waals surface area (Å²) in [5.41, 5.74) is 2.12. The number of ether oxygens (including phenoxy) is 2. The van der Waals surface area contributed by atoms with Gasteiger partial charge in [-0.1, -0.05) is 37.6 Å². The van der Waals surface area contributed by atoms with Gasteiger partial charge in [0.25, 0.3) is 0 Å². The smallest absolute Gasteiger partial charge is 0.227 e. The molecule has 0 aliphatic heterocycles. The molecule has 24 heavy (non-hydrogen) atoms. The van der Waals surface area contributed by atoms with E-state index >= 15 is 0 Å². The summed E-state index contributed by atoms with van der Waals surface area (Å²) in [5, 5.41) is 2.89. The van der Waals surface area contributed by atoms with Crippen molar-refractivity contribution in [3.05, 3.63) is 54.1 Å². The Morgan fingerprint density at radius 3 is 2.42 bits per heavy atom. The monoisotopic (exact) mass is 327 g/mol. The third-order valence-corrected chi connectivity index (χ3v) is 3.71. The maximum absolute atomic E-state index is 12.0. The van der Waals surface area contributed by atoms with E-state index in [-0.39, 0.29) is 12.3 Å². The molecule has 0 saturated carbocycles. The number of nitrogens with one attached hydrogen (secondary N) is 1. The number of amides is 1. The van der Waals surface area contributed by atoms with Gasteiger partial charge in [-0.2, -0.15) is 0 Å². The molecule has 0 spiro atoms. The van der Waals surface area contributed by atoms with Crippen LogP contribution in [0.2, 0.25) is 0 Å². The Hall–Kier alpha value is -2.49. The lowest BCUT2D eigenvalue weighted by molar-refractivity contribution is -0.116. The third kappa shape index (κ3) is 5.61. The number of hydrogen-bond donors (Lipinski definition) is 1. The van der Waals surface area contributed by atoms with Crippen molar-refractivity contribution in [1.82, 2.24) is 0 Å². The fourth-order valence-corrected chi connectivity index (χ4v) is 2.35. The van der Waals surface area contributed by atoms with Crippen LogP contribution in [0.5, 0.6) is 11.5 Å². The number of aryl methyl sites for hydroxylation is 1. The van der Waals surface area contributed by atoms with Gasteiger partial charge < -0.3 is 14.8 Å². The second-order valence-corrected chi connectivity index (χ2v) is 5.60. The molecule has 1 amide bonds. The van der Waals surface area contributed by atoms with Crippen molar-refractivity contribution in [3.63, 3.8) is 0 Å².